The number of nitrogens with two attached hydrogens (primary N) is 1. The van der Waals surface area contributed by atoms with Crippen molar-refractivity contribution in [2.24, 2.45) is 5.73 Å². The zero-order valence-electron chi connectivity index (χ0n) is 10.3. The van der Waals surface area contributed by atoms with Crippen molar-refractivity contribution in [3.8, 4) is 0 Å². The minimum absolute atomic E-state index is 0. The molecule has 0 aliphatic carbocycles. The molecule has 4 nitrogen and oxygen atoms in total. The fourth-order valence-corrected chi connectivity index (χ4v) is 2.02. The normalized spacial score (nSPS) is 18.6. The van der Waals surface area contributed by atoms with E-state index >= 15 is 0 Å². The first-order chi connectivity index (χ1) is 7.66. The fraction of sp³-hybridized carbons (Fsp3) is 0.500. The van der Waals surface area contributed by atoms with Crippen molar-refractivity contribution < 1.29 is 4.79 Å². The Morgan fingerprint density at radius 2 is 2.17 bits per heavy atom. The first-order valence-electron chi connectivity index (χ1n) is 5.65. The molecule has 0 saturated carbocycles. The van der Waals surface area contributed by atoms with Crippen molar-refractivity contribution in [3.05, 3.63) is 29.6 Å². The molecule has 1 fully saturated rings. The Morgan fingerprint density at radius 1 is 1.44 bits per heavy atom. The summed E-state index contributed by atoms with van der Waals surface area (Å²) < 4.78 is 0. The van der Waals surface area contributed by atoms with Gasteiger partial charge in [-0.15, -0.1) is 24.8 Å². The van der Waals surface area contributed by atoms with E-state index < -0.39 is 0 Å². The predicted molar refractivity (Wildman–Crippen MR) is 76.6 cm³/mol. The number of amides is 1. The summed E-state index contributed by atoms with van der Waals surface area (Å²) in [5.74, 6) is -0.00106. The van der Waals surface area contributed by atoms with Crippen LogP contribution in [0.1, 0.15) is 29.0 Å². The highest BCUT2D eigenvalue weighted by molar-refractivity contribution is 5.92. The molecule has 1 atom stereocenters. The van der Waals surface area contributed by atoms with Crippen molar-refractivity contribution in [3.63, 3.8) is 0 Å². The van der Waals surface area contributed by atoms with E-state index in [0.717, 1.165) is 25.1 Å². The second-order valence-corrected chi connectivity index (χ2v) is 4.32. The number of nitrogens with zero attached hydrogens (tertiary/aromatic N) is 2. The summed E-state index contributed by atoms with van der Waals surface area (Å²) in [6.07, 6.45) is 1.99. The molecule has 2 rings (SSSR count). The lowest BCUT2D eigenvalue weighted by atomic mass is 10.1. The van der Waals surface area contributed by atoms with E-state index in [1.54, 1.807) is 11.0 Å². The lowest BCUT2D eigenvalue weighted by Gasteiger charge is -2.30. The van der Waals surface area contributed by atoms with Gasteiger partial charge in [0.15, 0.2) is 0 Å². The van der Waals surface area contributed by atoms with Gasteiger partial charge in [-0.05, 0) is 31.9 Å². The van der Waals surface area contributed by atoms with Crippen LogP contribution in [-0.4, -0.2) is 34.9 Å². The van der Waals surface area contributed by atoms with E-state index in [9.17, 15) is 4.79 Å². The number of hydrogen-bond acceptors (Lipinski definition) is 3. The van der Waals surface area contributed by atoms with Crippen molar-refractivity contribution in [1.29, 1.82) is 0 Å². The summed E-state index contributed by atoms with van der Waals surface area (Å²) in [5.41, 5.74) is 7.25. The molecule has 2 heterocycles. The lowest BCUT2D eigenvalue weighted by molar-refractivity contribution is 0.0702. The number of likely N-dealkylation sites (tertiary alicyclic amines) is 1. The monoisotopic (exact) mass is 291 g/mol. The van der Waals surface area contributed by atoms with Crippen LogP contribution in [0.4, 0.5) is 0 Å². The SMILES string of the molecule is Cc1cccc(C(=O)N2CCCC(N)C2)n1.Cl.Cl. The zero-order valence-corrected chi connectivity index (χ0v) is 12.0. The average molecular weight is 292 g/mol. The van der Waals surface area contributed by atoms with E-state index in [2.05, 4.69) is 4.98 Å². The molecule has 1 aromatic rings. The minimum Gasteiger partial charge on any atom is -0.336 e. The van der Waals surface area contributed by atoms with Crippen LogP contribution < -0.4 is 5.73 Å². The minimum atomic E-state index is -0.00106. The van der Waals surface area contributed by atoms with Crippen LogP contribution >= 0.6 is 24.8 Å². The highest BCUT2D eigenvalue weighted by atomic mass is 35.5. The highest BCUT2D eigenvalue weighted by Gasteiger charge is 2.22. The van der Waals surface area contributed by atoms with Gasteiger partial charge in [-0.25, -0.2) is 4.98 Å². The molecule has 1 aliphatic heterocycles. The number of rotatable bonds is 1. The second-order valence-electron chi connectivity index (χ2n) is 4.32. The molecule has 1 unspecified atom stereocenters. The van der Waals surface area contributed by atoms with Gasteiger partial charge in [-0.1, -0.05) is 6.07 Å². The quantitative estimate of drug-likeness (QED) is 0.858. The van der Waals surface area contributed by atoms with Crippen LogP contribution in [0.5, 0.6) is 0 Å². The molecule has 0 spiro atoms. The van der Waals surface area contributed by atoms with Crippen LogP contribution in [0.2, 0.25) is 0 Å². The van der Waals surface area contributed by atoms with Gasteiger partial charge < -0.3 is 10.6 Å². The Bertz CT molecular complexity index is 401. The topological polar surface area (TPSA) is 59.2 Å². The number of carbonyl (C=O) groups excluding carboxylic acids is 1. The number of carbonyl (C=O) groups is 1. The Labute approximate surface area is 120 Å². The van der Waals surface area contributed by atoms with Gasteiger partial charge in [0.2, 0.25) is 0 Å². The number of aromatic nitrogens is 1. The van der Waals surface area contributed by atoms with Crippen molar-refractivity contribution >= 4 is 30.7 Å². The molecule has 2 N–H and O–H groups in total. The third-order valence-corrected chi connectivity index (χ3v) is 2.85. The fourth-order valence-electron chi connectivity index (χ4n) is 2.02. The lowest BCUT2D eigenvalue weighted by Crippen LogP contribution is -2.45. The number of aryl methyl sites for hydroxylation is 1. The Morgan fingerprint density at radius 3 is 2.78 bits per heavy atom. The second kappa shape index (κ2) is 7.56. The largest absolute Gasteiger partial charge is 0.336 e. The molecule has 1 saturated heterocycles. The van der Waals surface area contributed by atoms with Gasteiger partial charge in [-0.2, -0.15) is 0 Å². The van der Waals surface area contributed by atoms with E-state index in [1.165, 1.54) is 0 Å². The maximum absolute atomic E-state index is 12.1. The Balaban J connectivity index is 0.00000144. The van der Waals surface area contributed by atoms with Crippen LogP contribution in [0, 0.1) is 6.92 Å². The van der Waals surface area contributed by atoms with Crippen LogP contribution in [0.25, 0.3) is 0 Å². The van der Waals surface area contributed by atoms with Crippen LogP contribution in [0.3, 0.4) is 0 Å². The summed E-state index contributed by atoms with van der Waals surface area (Å²) in [6.45, 7) is 3.33. The molecule has 18 heavy (non-hydrogen) atoms. The predicted octanol–water partition coefficient (Wildman–Crippen LogP) is 1.80. The average Bonchev–Trinajstić information content (AvgIpc) is 2.28. The van der Waals surface area contributed by atoms with E-state index in [4.69, 9.17) is 5.73 Å². The van der Waals surface area contributed by atoms with Gasteiger partial charge in [-0.3, -0.25) is 4.79 Å². The summed E-state index contributed by atoms with van der Waals surface area (Å²) >= 11 is 0. The van der Waals surface area contributed by atoms with Crippen LogP contribution in [0.15, 0.2) is 18.2 Å². The van der Waals surface area contributed by atoms with Crippen molar-refractivity contribution in [1.82, 2.24) is 9.88 Å². The number of piperidine rings is 1. The molecule has 1 amide bonds. The molecule has 6 heteroatoms. The summed E-state index contributed by atoms with van der Waals surface area (Å²) in [6, 6.07) is 5.62. The third-order valence-electron chi connectivity index (χ3n) is 2.85. The van der Waals surface area contributed by atoms with E-state index in [-0.39, 0.29) is 36.8 Å². The van der Waals surface area contributed by atoms with Crippen molar-refractivity contribution in [2.75, 3.05) is 13.1 Å². The molecular formula is C12H19Cl2N3O. The molecule has 1 aliphatic rings. The van der Waals surface area contributed by atoms with Crippen molar-refractivity contribution in [2.45, 2.75) is 25.8 Å². The Hall–Kier alpha value is -0.840. The first kappa shape index (κ1) is 17.2. The number of hydrogen-bond donors (Lipinski definition) is 1. The van der Waals surface area contributed by atoms with E-state index in [1.807, 2.05) is 19.1 Å². The molecule has 0 bridgehead atoms. The Kier molecular flexibility index (Phi) is 7.21. The maximum Gasteiger partial charge on any atom is 0.272 e. The standard InChI is InChI=1S/C12H17N3O.2ClH/c1-9-4-2-6-11(14-9)12(16)15-7-3-5-10(13)8-15;;/h2,4,6,10H,3,5,7-8,13H2,1H3;2*1H. The molecule has 0 radical (unpaired) electrons. The first-order valence-corrected chi connectivity index (χ1v) is 5.65. The number of pyridine rings is 1. The molecule has 0 aromatic carbocycles. The van der Waals surface area contributed by atoms with Gasteiger partial charge in [0, 0.05) is 24.8 Å². The molecular weight excluding hydrogens is 273 g/mol. The number of halogens is 2. The molecule has 102 valence electrons. The third kappa shape index (κ3) is 4.12. The summed E-state index contributed by atoms with van der Waals surface area (Å²) in [5, 5.41) is 0. The van der Waals surface area contributed by atoms with Gasteiger partial charge in [0.25, 0.3) is 5.91 Å². The zero-order chi connectivity index (χ0) is 11.5. The smallest absolute Gasteiger partial charge is 0.272 e. The summed E-state index contributed by atoms with van der Waals surface area (Å²) in [4.78, 5) is 18.1. The molecule has 1 aromatic heterocycles. The van der Waals surface area contributed by atoms with Crippen LogP contribution in [-0.2, 0) is 0 Å². The van der Waals surface area contributed by atoms with Gasteiger partial charge in [0.05, 0.1) is 0 Å². The van der Waals surface area contributed by atoms with Gasteiger partial charge >= 0.3 is 0 Å². The van der Waals surface area contributed by atoms with Gasteiger partial charge in [0.1, 0.15) is 5.69 Å². The maximum atomic E-state index is 12.1. The highest BCUT2D eigenvalue weighted by Crippen LogP contribution is 2.11. The van der Waals surface area contributed by atoms with E-state index in [0.29, 0.717) is 12.2 Å². The summed E-state index contributed by atoms with van der Waals surface area (Å²) in [7, 11) is 0.